The summed E-state index contributed by atoms with van der Waals surface area (Å²) in [5.41, 5.74) is -1.41. The highest BCUT2D eigenvalue weighted by atomic mass is 16.5. The number of hydrogen-bond acceptors (Lipinski definition) is 6. The largest absolute Gasteiger partial charge is 0.458 e. The number of hydrogen-bond donors (Lipinski definition) is 2. The molecule has 8 atom stereocenters. The van der Waals surface area contributed by atoms with E-state index in [1.807, 2.05) is 13.0 Å². The third kappa shape index (κ3) is 2.86. The summed E-state index contributed by atoms with van der Waals surface area (Å²) in [4.78, 5) is 36.2. The van der Waals surface area contributed by atoms with Crippen molar-refractivity contribution in [2.24, 2.45) is 34.5 Å². The van der Waals surface area contributed by atoms with Crippen molar-refractivity contribution in [1.82, 2.24) is 0 Å². The molecule has 0 amide bonds. The monoisotopic (exact) mass is 418 g/mol. The molecular formula is C24H34O6. The molecule has 4 aliphatic rings. The van der Waals surface area contributed by atoms with Crippen LogP contribution in [0.2, 0.25) is 0 Å². The summed E-state index contributed by atoms with van der Waals surface area (Å²) in [6.07, 6.45) is 4.66. The molecule has 0 aromatic rings. The van der Waals surface area contributed by atoms with Crippen LogP contribution in [0.3, 0.4) is 0 Å². The first kappa shape index (κ1) is 21.7. The lowest BCUT2D eigenvalue weighted by molar-refractivity contribution is -0.186. The minimum absolute atomic E-state index is 0.0250. The molecule has 166 valence electrons. The third-order valence-electron chi connectivity index (χ3n) is 9.23. The third-order valence-corrected chi connectivity index (χ3v) is 9.23. The van der Waals surface area contributed by atoms with Crippen molar-refractivity contribution in [2.45, 2.75) is 77.9 Å². The molecule has 0 aliphatic heterocycles. The lowest BCUT2D eigenvalue weighted by atomic mass is 9.44. The van der Waals surface area contributed by atoms with E-state index in [9.17, 15) is 24.6 Å². The molecule has 3 fully saturated rings. The Bertz CT molecular complexity index is 817. The van der Waals surface area contributed by atoms with E-state index in [2.05, 4.69) is 13.8 Å². The fourth-order valence-corrected chi connectivity index (χ4v) is 7.87. The van der Waals surface area contributed by atoms with Gasteiger partial charge in [0.15, 0.2) is 12.4 Å². The van der Waals surface area contributed by atoms with Crippen LogP contribution < -0.4 is 0 Å². The number of esters is 1. The second-order valence-electron chi connectivity index (χ2n) is 10.7. The van der Waals surface area contributed by atoms with Gasteiger partial charge in [-0.05, 0) is 67.3 Å². The topological polar surface area (TPSA) is 101 Å². The number of aliphatic hydroxyl groups is 2. The van der Waals surface area contributed by atoms with Gasteiger partial charge in [-0.2, -0.15) is 0 Å². The Balaban J connectivity index is 1.69. The highest BCUT2D eigenvalue weighted by Gasteiger charge is 2.68. The van der Waals surface area contributed by atoms with Crippen LogP contribution in [0.25, 0.3) is 0 Å². The van der Waals surface area contributed by atoms with Gasteiger partial charge in [-0.3, -0.25) is 14.4 Å². The highest BCUT2D eigenvalue weighted by Crippen LogP contribution is 2.68. The summed E-state index contributed by atoms with van der Waals surface area (Å²) in [5, 5.41) is 22.9. The molecule has 4 rings (SSSR count). The van der Waals surface area contributed by atoms with Crippen LogP contribution in [0.4, 0.5) is 0 Å². The van der Waals surface area contributed by atoms with E-state index in [1.54, 1.807) is 0 Å². The van der Waals surface area contributed by atoms with Crippen LogP contribution in [0.15, 0.2) is 11.6 Å². The van der Waals surface area contributed by atoms with E-state index in [1.165, 1.54) is 12.5 Å². The molecule has 30 heavy (non-hydrogen) atoms. The maximum atomic E-state index is 12.9. The van der Waals surface area contributed by atoms with Gasteiger partial charge < -0.3 is 14.9 Å². The lowest BCUT2D eigenvalue weighted by Crippen LogP contribution is -2.62. The highest BCUT2D eigenvalue weighted by molar-refractivity contribution is 5.92. The molecular weight excluding hydrogens is 384 g/mol. The normalized spacial score (nSPS) is 47.6. The molecule has 0 heterocycles. The van der Waals surface area contributed by atoms with Gasteiger partial charge in [-0.1, -0.05) is 26.3 Å². The van der Waals surface area contributed by atoms with Crippen molar-refractivity contribution in [3.63, 3.8) is 0 Å². The van der Waals surface area contributed by atoms with Gasteiger partial charge in [0.25, 0.3) is 0 Å². The van der Waals surface area contributed by atoms with Crippen LogP contribution in [0.5, 0.6) is 0 Å². The maximum absolute atomic E-state index is 12.9. The Labute approximate surface area is 178 Å². The predicted octanol–water partition coefficient (Wildman–Crippen LogP) is 2.60. The number of ketones is 2. The summed E-state index contributed by atoms with van der Waals surface area (Å²) in [6, 6.07) is 0. The maximum Gasteiger partial charge on any atom is 0.303 e. The first-order valence-electron chi connectivity index (χ1n) is 11.3. The summed E-state index contributed by atoms with van der Waals surface area (Å²) in [5.74, 6) is -0.287. The fourth-order valence-electron chi connectivity index (χ4n) is 7.87. The van der Waals surface area contributed by atoms with Gasteiger partial charge >= 0.3 is 5.97 Å². The van der Waals surface area contributed by atoms with Crippen molar-refractivity contribution in [3.05, 3.63) is 11.6 Å². The zero-order valence-electron chi connectivity index (χ0n) is 18.4. The Kier molecular flexibility index (Phi) is 5.06. The van der Waals surface area contributed by atoms with E-state index >= 15 is 0 Å². The predicted molar refractivity (Wildman–Crippen MR) is 109 cm³/mol. The Morgan fingerprint density at radius 3 is 2.63 bits per heavy atom. The van der Waals surface area contributed by atoms with Crippen LogP contribution in [0, 0.1) is 34.5 Å². The van der Waals surface area contributed by atoms with E-state index < -0.39 is 35.5 Å². The first-order valence-corrected chi connectivity index (χ1v) is 11.3. The smallest absolute Gasteiger partial charge is 0.303 e. The Morgan fingerprint density at radius 2 is 1.97 bits per heavy atom. The molecule has 0 aromatic heterocycles. The van der Waals surface area contributed by atoms with E-state index in [0.29, 0.717) is 25.7 Å². The van der Waals surface area contributed by atoms with Crippen molar-refractivity contribution in [1.29, 1.82) is 0 Å². The van der Waals surface area contributed by atoms with Crippen LogP contribution in [-0.2, 0) is 19.1 Å². The number of aliphatic hydroxyl groups excluding tert-OH is 1. The molecule has 6 heteroatoms. The number of fused-ring (bicyclic) bond motifs is 5. The van der Waals surface area contributed by atoms with Gasteiger partial charge in [0.2, 0.25) is 5.78 Å². The molecule has 0 saturated heterocycles. The van der Waals surface area contributed by atoms with E-state index in [4.69, 9.17) is 4.74 Å². The van der Waals surface area contributed by atoms with Gasteiger partial charge in [-0.15, -0.1) is 0 Å². The van der Waals surface area contributed by atoms with E-state index in [0.717, 1.165) is 12.8 Å². The minimum Gasteiger partial charge on any atom is -0.458 e. The Morgan fingerprint density at radius 1 is 1.27 bits per heavy atom. The summed E-state index contributed by atoms with van der Waals surface area (Å²) < 4.78 is 4.90. The molecule has 6 nitrogen and oxygen atoms in total. The average molecular weight is 419 g/mol. The summed E-state index contributed by atoms with van der Waals surface area (Å²) in [7, 11) is 0. The van der Waals surface area contributed by atoms with Crippen LogP contribution in [0.1, 0.15) is 66.2 Å². The summed E-state index contributed by atoms with van der Waals surface area (Å²) >= 11 is 0. The first-order chi connectivity index (χ1) is 13.9. The second-order valence-corrected chi connectivity index (χ2v) is 10.7. The van der Waals surface area contributed by atoms with Gasteiger partial charge in [0.1, 0.15) is 5.60 Å². The van der Waals surface area contributed by atoms with Crippen molar-refractivity contribution >= 4 is 17.5 Å². The summed E-state index contributed by atoms with van der Waals surface area (Å²) in [6.45, 7) is 7.09. The number of rotatable bonds is 3. The number of carbonyl (C=O) groups is 3. The second kappa shape index (κ2) is 6.99. The van der Waals surface area contributed by atoms with Crippen molar-refractivity contribution in [3.8, 4) is 0 Å². The minimum atomic E-state index is -1.60. The molecule has 0 unspecified atom stereocenters. The van der Waals surface area contributed by atoms with Crippen molar-refractivity contribution < 1.29 is 29.3 Å². The van der Waals surface area contributed by atoms with Crippen LogP contribution in [-0.4, -0.2) is 46.1 Å². The molecule has 0 bridgehead atoms. The molecule has 0 spiro atoms. The number of Topliss-reactive ketones (excluding diaryl/α,β-unsaturated/α-hetero) is 1. The standard InChI is InChI=1S/C24H34O6/c1-13-9-16-17-6-8-24(29,20(28)12-30-14(2)25)23(17,4)11-19(27)21(16)22(3)7-5-15(26)10-18(13)22/h10,13,16-17,19,21,27,29H,5-9,11-12H2,1-4H3/t13-,16-,17+,19-,21-,22-,23+,24-/m0/s1. The molecule has 0 radical (unpaired) electrons. The number of ether oxygens (including phenoxy) is 1. The average Bonchev–Trinajstić information content (AvgIpc) is 2.93. The van der Waals surface area contributed by atoms with Gasteiger partial charge in [0.05, 0.1) is 6.10 Å². The van der Waals surface area contributed by atoms with Gasteiger partial charge in [0, 0.05) is 18.8 Å². The van der Waals surface area contributed by atoms with Crippen molar-refractivity contribution in [2.75, 3.05) is 6.61 Å². The number of carbonyl (C=O) groups excluding carboxylic acids is 3. The number of allylic oxidation sites excluding steroid dienone is 1. The lowest BCUT2D eigenvalue weighted by Gasteiger charge is -2.61. The zero-order chi connectivity index (χ0) is 22.1. The fraction of sp³-hybridized carbons (Fsp3) is 0.792. The Hall–Kier alpha value is -1.53. The quantitative estimate of drug-likeness (QED) is 0.683. The zero-order valence-corrected chi connectivity index (χ0v) is 18.4. The molecule has 2 N–H and O–H groups in total. The molecule has 3 saturated carbocycles. The molecule has 4 aliphatic carbocycles. The van der Waals surface area contributed by atoms with E-state index in [-0.39, 0.29) is 34.9 Å². The van der Waals surface area contributed by atoms with Gasteiger partial charge in [-0.25, -0.2) is 0 Å². The van der Waals surface area contributed by atoms with Crippen LogP contribution >= 0.6 is 0 Å². The molecule has 0 aromatic carbocycles. The SMILES string of the molecule is CC(=O)OCC(=O)[C@@]1(O)CC[C@@H]2[C@@H]3C[C@H](C)C4=CC(=O)CC[C@]4(C)[C@@H]3[C@@H](O)C[C@]21C.